The minimum absolute atomic E-state index is 0.114. The number of rotatable bonds is 4. The van der Waals surface area contributed by atoms with Crippen molar-refractivity contribution in [3.8, 4) is 0 Å². The molecule has 4 heteroatoms. The molecular weight excluding hydrogens is 384 g/mol. The SMILES string of the molecule is O=C(c1ccccc1)c1c(C(=O)c2ccccc2)c2ccsc2c2sccc12. The van der Waals surface area contributed by atoms with Crippen LogP contribution in [0.3, 0.4) is 0 Å². The smallest absolute Gasteiger partial charge is 0.194 e. The number of hydrogen-bond acceptors (Lipinski definition) is 4. The molecule has 0 amide bonds. The van der Waals surface area contributed by atoms with E-state index in [-0.39, 0.29) is 11.6 Å². The zero-order chi connectivity index (χ0) is 19.1. The fourth-order valence-electron chi connectivity index (χ4n) is 3.57. The van der Waals surface area contributed by atoms with Crippen molar-refractivity contribution in [2.45, 2.75) is 0 Å². The van der Waals surface area contributed by atoms with E-state index in [1.54, 1.807) is 46.9 Å². The third-order valence-electron chi connectivity index (χ3n) is 4.85. The Kier molecular flexibility index (Phi) is 4.15. The number of fused-ring (bicyclic) bond motifs is 3. The molecule has 0 aliphatic carbocycles. The predicted octanol–water partition coefficient (Wildman–Crippen LogP) is 6.58. The Hall–Kier alpha value is -3.08. The summed E-state index contributed by atoms with van der Waals surface area (Å²) in [6, 6.07) is 22.3. The summed E-state index contributed by atoms with van der Waals surface area (Å²) in [7, 11) is 0. The van der Waals surface area contributed by atoms with E-state index < -0.39 is 0 Å². The molecule has 2 nitrogen and oxygen atoms in total. The van der Waals surface area contributed by atoms with Gasteiger partial charge in [-0.2, -0.15) is 0 Å². The quantitative estimate of drug-likeness (QED) is 0.321. The van der Waals surface area contributed by atoms with Crippen LogP contribution in [-0.2, 0) is 0 Å². The van der Waals surface area contributed by atoms with Gasteiger partial charge in [0.1, 0.15) is 0 Å². The largest absolute Gasteiger partial charge is 0.289 e. The third-order valence-corrected chi connectivity index (χ3v) is 6.84. The molecule has 0 radical (unpaired) electrons. The van der Waals surface area contributed by atoms with Gasteiger partial charge in [-0.25, -0.2) is 0 Å². The molecule has 2 heterocycles. The summed E-state index contributed by atoms with van der Waals surface area (Å²) in [6.07, 6.45) is 0. The lowest BCUT2D eigenvalue weighted by Gasteiger charge is -2.12. The molecule has 0 atom stereocenters. The summed E-state index contributed by atoms with van der Waals surface area (Å²) in [5, 5.41) is 5.69. The first-order chi connectivity index (χ1) is 13.8. The van der Waals surface area contributed by atoms with Gasteiger partial charge in [0.15, 0.2) is 11.6 Å². The number of carbonyl (C=O) groups excluding carboxylic acids is 2. The van der Waals surface area contributed by atoms with E-state index in [1.165, 1.54) is 0 Å². The maximum atomic E-state index is 13.5. The van der Waals surface area contributed by atoms with Crippen LogP contribution in [0.4, 0.5) is 0 Å². The molecule has 0 saturated carbocycles. The number of ketones is 2. The van der Waals surface area contributed by atoms with Crippen LogP contribution in [-0.4, -0.2) is 11.6 Å². The highest BCUT2D eigenvalue weighted by atomic mass is 32.1. The molecule has 0 bridgehead atoms. The summed E-state index contributed by atoms with van der Waals surface area (Å²) in [4.78, 5) is 27.1. The summed E-state index contributed by atoms with van der Waals surface area (Å²) in [5.41, 5.74) is 2.18. The van der Waals surface area contributed by atoms with Gasteiger partial charge in [-0.15, -0.1) is 22.7 Å². The maximum absolute atomic E-state index is 13.5. The zero-order valence-corrected chi connectivity index (χ0v) is 16.3. The highest BCUT2D eigenvalue weighted by Gasteiger charge is 2.26. The van der Waals surface area contributed by atoms with Crippen molar-refractivity contribution in [2.75, 3.05) is 0 Å². The molecule has 0 unspecified atom stereocenters. The first kappa shape index (κ1) is 17.0. The Morgan fingerprint density at radius 1 is 0.536 bits per heavy atom. The van der Waals surface area contributed by atoms with Crippen LogP contribution in [0.15, 0.2) is 83.6 Å². The van der Waals surface area contributed by atoms with Crippen LogP contribution in [0.1, 0.15) is 31.8 Å². The second-order valence-corrected chi connectivity index (χ2v) is 8.30. The van der Waals surface area contributed by atoms with Crippen molar-refractivity contribution in [1.29, 1.82) is 0 Å². The Bertz CT molecular complexity index is 1220. The summed E-state index contributed by atoms with van der Waals surface area (Å²) in [5.74, 6) is -0.229. The van der Waals surface area contributed by atoms with Crippen LogP contribution >= 0.6 is 22.7 Å². The molecule has 134 valence electrons. The van der Waals surface area contributed by atoms with Crippen molar-refractivity contribution in [2.24, 2.45) is 0 Å². The van der Waals surface area contributed by atoms with Crippen LogP contribution in [0.25, 0.3) is 20.2 Å². The van der Waals surface area contributed by atoms with Gasteiger partial charge in [-0.05, 0) is 22.9 Å². The minimum Gasteiger partial charge on any atom is -0.289 e. The molecule has 0 saturated heterocycles. The molecule has 3 aromatic carbocycles. The normalized spacial score (nSPS) is 11.1. The number of benzene rings is 3. The Morgan fingerprint density at radius 2 is 0.929 bits per heavy atom. The molecule has 0 fully saturated rings. The Labute approximate surface area is 169 Å². The summed E-state index contributed by atoms with van der Waals surface area (Å²) >= 11 is 3.22. The molecular formula is C24H14O2S2. The monoisotopic (exact) mass is 398 g/mol. The van der Waals surface area contributed by atoms with Crippen LogP contribution in [0.2, 0.25) is 0 Å². The summed E-state index contributed by atoms with van der Waals surface area (Å²) < 4.78 is 2.13. The van der Waals surface area contributed by atoms with E-state index in [9.17, 15) is 9.59 Å². The number of thiophene rings is 2. The first-order valence-corrected chi connectivity index (χ1v) is 10.6. The van der Waals surface area contributed by atoms with Crippen molar-refractivity contribution < 1.29 is 9.59 Å². The lowest BCUT2D eigenvalue weighted by Crippen LogP contribution is -2.12. The fourth-order valence-corrected chi connectivity index (χ4v) is 5.57. The second-order valence-electron chi connectivity index (χ2n) is 6.47. The molecule has 0 aliphatic heterocycles. The van der Waals surface area contributed by atoms with Crippen LogP contribution in [0.5, 0.6) is 0 Å². The lowest BCUT2D eigenvalue weighted by atomic mass is 9.89. The number of hydrogen-bond donors (Lipinski definition) is 0. The highest BCUT2D eigenvalue weighted by molar-refractivity contribution is 7.25. The van der Waals surface area contributed by atoms with E-state index in [2.05, 4.69) is 0 Å². The lowest BCUT2D eigenvalue weighted by molar-refractivity contribution is 0.101. The van der Waals surface area contributed by atoms with Gasteiger partial charge >= 0.3 is 0 Å². The van der Waals surface area contributed by atoms with E-state index in [0.717, 1.165) is 20.2 Å². The average molecular weight is 399 g/mol. The maximum Gasteiger partial charge on any atom is 0.194 e. The van der Waals surface area contributed by atoms with E-state index >= 15 is 0 Å². The standard InChI is InChI=1S/C24H14O2S2/c25-21(15-7-3-1-4-8-15)19-17-11-13-27-23(17)24-18(12-14-28-24)20(19)22(26)16-9-5-2-6-10-16/h1-14H. The molecule has 28 heavy (non-hydrogen) atoms. The van der Waals surface area contributed by atoms with Gasteiger partial charge in [0, 0.05) is 33.0 Å². The van der Waals surface area contributed by atoms with Gasteiger partial charge in [-0.1, -0.05) is 60.7 Å². The van der Waals surface area contributed by atoms with Gasteiger partial charge < -0.3 is 0 Å². The fraction of sp³-hybridized carbons (Fsp3) is 0. The zero-order valence-electron chi connectivity index (χ0n) is 14.7. The van der Waals surface area contributed by atoms with Crippen molar-refractivity contribution >= 4 is 54.4 Å². The van der Waals surface area contributed by atoms with E-state index in [4.69, 9.17) is 0 Å². The van der Waals surface area contributed by atoms with Gasteiger partial charge in [-0.3, -0.25) is 9.59 Å². The highest BCUT2D eigenvalue weighted by Crippen LogP contribution is 2.40. The van der Waals surface area contributed by atoms with Crippen LogP contribution in [0, 0.1) is 0 Å². The van der Waals surface area contributed by atoms with Crippen molar-refractivity contribution in [1.82, 2.24) is 0 Å². The van der Waals surface area contributed by atoms with Gasteiger partial charge in [0.25, 0.3) is 0 Å². The van der Waals surface area contributed by atoms with Gasteiger partial charge in [0.2, 0.25) is 0 Å². The topological polar surface area (TPSA) is 34.1 Å². The Morgan fingerprint density at radius 3 is 1.32 bits per heavy atom. The molecule has 0 aliphatic rings. The van der Waals surface area contributed by atoms with Crippen molar-refractivity contribution in [3.05, 3.63) is 106 Å². The first-order valence-electron chi connectivity index (χ1n) is 8.85. The van der Waals surface area contributed by atoms with Crippen molar-refractivity contribution in [3.63, 3.8) is 0 Å². The molecule has 5 rings (SSSR count). The van der Waals surface area contributed by atoms with E-state index in [1.807, 2.05) is 59.3 Å². The number of carbonyl (C=O) groups is 2. The molecule has 5 aromatic rings. The molecule has 0 spiro atoms. The third kappa shape index (κ3) is 2.61. The van der Waals surface area contributed by atoms with E-state index in [0.29, 0.717) is 22.3 Å². The predicted molar refractivity (Wildman–Crippen MR) is 117 cm³/mol. The molecule has 2 aromatic heterocycles. The second kappa shape index (κ2) is 6.82. The Balaban J connectivity index is 1.88. The van der Waals surface area contributed by atoms with Gasteiger partial charge in [0.05, 0.1) is 9.40 Å². The summed E-state index contributed by atoms with van der Waals surface area (Å²) in [6.45, 7) is 0. The van der Waals surface area contributed by atoms with Crippen LogP contribution < -0.4 is 0 Å². The molecule has 0 N–H and O–H groups in total. The average Bonchev–Trinajstić information content (AvgIpc) is 3.42. The minimum atomic E-state index is -0.114.